The summed E-state index contributed by atoms with van der Waals surface area (Å²) in [6, 6.07) is 3.35. The summed E-state index contributed by atoms with van der Waals surface area (Å²) < 4.78 is 0. The van der Waals surface area contributed by atoms with E-state index in [2.05, 4.69) is 15.6 Å². The van der Waals surface area contributed by atoms with E-state index in [-0.39, 0.29) is 22.8 Å². The third-order valence-electron chi connectivity index (χ3n) is 5.35. The van der Waals surface area contributed by atoms with Gasteiger partial charge in [0.1, 0.15) is 11.9 Å². The van der Waals surface area contributed by atoms with Crippen LogP contribution in [0.15, 0.2) is 24.4 Å². The highest BCUT2D eigenvalue weighted by Crippen LogP contribution is 2.26. The van der Waals surface area contributed by atoms with Gasteiger partial charge in [0, 0.05) is 6.20 Å². The van der Waals surface area contributed by atoms with Crippen molar-refractivity contribution in [1.29, 1.82) is 0 Å². The molecule has 0 aliphatic rings. The number of carboxylic acid groups (broad SMARTS) is 1. The summed E-state index contributed by atoms with van der Waals surface area (Å²) in [6.07, 6.45) is 1.03. The number of hydroxylamine groups is 2. The van der Waals surface area contributed by atoms with Gasteiger partial charge in [0.15, 0.2) is 0 Å². The lowest BCUT2D eigenvalue weighted by Gasteiger charge is -2.35. The molecule has 174 valence electrons. The molecule has 1 rings (SSSR count). The molecule has 31 heavy (non-hydrogen) atoms. The number of nitrogens with one attached hydrogen (secondary N) is 2. The van der Waals surface area contributed by atoms with E-state index in [9.17, 15) is 24.7 Å². The summed E-state index contributed by atoms with van der Waals surface area (Å²) in [5.41, 5.74) is 0. The van der Waals surface area contributed by atoms with E-state index < -0.39 is 35.9 Å². The van der Waals surface area contributed by atoms with Crippen LogP contribution in [0.1, 0.15) is 54.4 Å². The summed E-state index contributed by atoms with van der Waals surface area (Å²) in [5.74, 6) is -1.73. The molecule has 9 nitrogen and oxygen atoms in total. The summed E-state index contributed by atoms with van der Waals surface area (Å²) in [6.45, 7) is 11.1. The van der Waals surface area contributed by atoms with Crippen LogP contribution in [0.25, 0.3) is 0 Å². The van der Waals surface area contributed by atoms with E-state index in [0.29, 0.717) is 18.7 Å². The van der Waals surface area contributed by atoms with Crippen molar-refractivity contribution in [3.05, 3.63) is 24.4 Å². The Morgan fingerprint density at radius 2 is 1.74 bits per heavy atom. The average Bonchev–Trinajstić information content (AvgIpc) is 2.70. The number of nitrogens with zero attached hydrogens (tertiary/aromatic N) is 2. The predicted octanol–water partition coefficient (Wildman–Crippen LogP) is 3.61. The molecule has 0 saturated heterocycles. The fourth-order valence-corrected chi connectivity index (χ4v) is 3.56. The maximum Gasteiger partial charge on any atom is 0.431 e. The minimum atomic E-state index is -1.52. The van der Waals surface area contributed by atoms with Crippen LogP contribution in [-0.2, 0) is 9.59 Å². The zero-order chi connectivity index (χ0) is 23.7. The molecule has 0 saturated carbocycles. The quantitative estimate of drug-likeness (QED) is 0.309. The Bertz CT molecular complexity index is 726. The van der Waals surface area contributed by atoms with Gasteiger partial charge in [-0.3, -0.25) is 14.8 Å². The van der Waals surface area contributed by atoms with E-state index in [4.69, 9.17) is 0 Å². The van der Waals surface area contributed by atoms with Gasteiger partial charge in [0.05, 0.1) is 12.0 Å². The van der Waals surface area contributed by atoms with Crippen molar-refractivity contribution in [2.24, 2.45) is 23.7 Å². The predicted molar refractivity (Wildman–Crippen MR) is 117 cm³/mol. The lowest BCUT2D eigenvalue weighted by Crippen LogP contribution is -2.55. The maximum atomic E-state index is 13.3. The van der Waals surface area contributed by atoms with Crippen LogP contribution in [0.4, 0.5) is 10.6 Å². The fraction of sp³-hybridized carbons (Fsp3) is 0.636. The molecule has 4 N–H and O–H groups in total. The second-order valence-corrected chi connectivity index (χ2v) is 8.67. The van der Waals surface area contributed by atoms with Crippen LogP contribution in [0.3, 0.4) is 0 Å². The highest BCUT2D eigenvalue weighted by molar-refractivity contribution is 5.97. The Labute approximate surface area is 184 Å². The molecule has 3 unspecified atom stereocenters. The first-order valence-electron chi connectivity index (χ1n) is 10.7. The highest BCUT2D eigenvalue weighted by atomic mass is 16.6. The number of carbonyl (C=O) groups excluding carboxylic acids is 2. The van der Waals surface area contributed by atoms with Gasteiger partial charge in [-0.25, -0.2) is 9.78 Å². The van der Waals surface area contributed by atoms with Crippen molar-refractivity contribution in [3.8, 4) is 0 Å². The average molecular weight is 437 g/mol. The van der Waals surface area contributed by atoms with E-state index in [1.807, 2.05) is 27.7 Å². The minimum absolute atomic E-state index is 0.0728. The van der Waals surface area contributed by atoms with E-state index in [0.717, 1.165) is 0 Å². The van der Waals surface area contributed by atoms with Crippen LogP contribution in [-0.4, -0.2) is 50.4 Å². The van der Waals surface area contributed by atoms with E-state index in [1.165, 1.54) is 0 Å². The van der Waals surface area contributed by atoms with Gasteiger partial charge in [-0.15, -0.1) is 0 Å². The van der Waals surface area contributed by atoms with E-state index >= 15 is 0 Å². The van der Waals surface area contributed by atoms with Crippen molar-refractivity contribution < 1.29 is 24.7 Å². The maximum absolute atomic E-state index is 13.3. The normalized spacial score (nSPS) is 15.1. The van der Waals surface area contributed by atoms with Gasteiger partial charge in [0.2, 0.25) is 11.8 Å². The Morgan fingerprint density at radius 1 is 1.10 bits per heavy atom. The number of amides is 3. The van der Waals surface area contributed by atoms with Gasteiger partial charge in [0.25, 0.3) is 0 Å². The largest absolute Gasteiger partial charge is 0.463 e. The molecule has 1 heterocycles. The van der Waals surface area contributed by atoms with E-state index in [1.54, 1.807) is 38.2 Å². The zero-order valence-corrected chi connectivity index (χ0v) is 19.2. The Kier molecular flexibility index (Phi) is 10.4. The number of anilines is 1. The van der Waals surface area contributed by atoms with Crippen LogP contribution in [0.2, 0.25) is 0 Å². The second-order valence-electron chi connectivity index (χ2n) is 8.67. The summed E-state index contributed by atoms with van der Waals surface area (Å²) in [5, 5.41) is 25.2. The fourth-order valence-electron chi connectivity index (χ4n) is 3.56. The van der Waals surface area contributed by atoms with Gasteiger partial charge >= 0.3 is 6.09 Å². The molecule has 3 amide bonds. The molecule has 9 heteroatoms. The van der Waals surface area contributed by atoms with Gasteiger partial charge in [-0.1, -0.05) is 54.0 Å². The number of rotatable bonds is 11. The standard InChI is InChI=1S/C22H36N4O5/c1-7-15(6)18(21(28)24-17-10-8-9-11-23-17)25-20(27)16(12-13(2)3)19(14(4)5)26(31)22(29)30/h8-11,13-16,18-19,31H,7,12H2,1-6H3,(H,25,27)(H,29,30)(H,23,24,28)/t15-,16?,18?,19?/m0/s1. The van der Waals surface area contributed by atoms with Crippen LogP contribution in [0.5, 0.6) is 0 Å². The van der Waals surface area contributed by atoms with Crippen molar-refractivity contribution in [2.75, 3.05) is 5.32 Å². The summed E-state index contributed by atoms with van der Waals surface area (Å²) in [4.78, 5) is 41.7. The monoisotopic (exact) mass is 436 g/mol. The first-order valence-corrected chi connectivity index (χ1v) is 10.7. The number of hydrogen-bond acceptors (Lipinski definition) is 5. The molecule has 0 aromatic carbocycles. The first-order chi connectivity index (χ1) is 14.5. The zero-order valence-electron chi connectivity index (χ0n) is 19.2. The van der Waals surface area contributed by atoms with Crippen molar-refractivity contribution in [1.82, 2.24) is 15.4 Å². The Hall–Kier alpha value is -2.68. The third kappa shape index (κ3) is 7.82. The minimum Gasteiger partial charge on any atom is -0.463 e. The lowest BCUT2D eigenvalue weighted by atomic mass is 9.83. The molecule has 0 aliphatic heterocycles. The molecular weight excluding hydrogens is 400 g/mol. The third-order valence-corrected chi connectivity index (χ3v) is 5.35. The second kappa shape index (κ2) is 12.2. The number of pyridine rings is 1. The Balaban J connectivity index is 3.16. The van der Waals surface area contributed by atoms with Crippen LogP contribution in [0, 0.1) is 23.7 Å². The number of hydrogen-bond donors (Lipinski definition) is 4. The van der Waals surface area contributed by atoms with Crippen LogP contribution < -0.4 is 10.6 Å². The molecule has 0 radical (unpaired) electrons. The number of aromatic nitrogens is 1. The topological polar surface area (TPSA) is 132 Å². The molecule has 0 aliphatic carbocycles. The summed E-state index contributed by atoms with van der Waals surface area (Å²) >= 11 is 0. The van der Waals surface area contributed by atoms with Gasteiger partial charge in [-0.05, 0) is 36.3 Å². The molecular formula is C22H36N4O5. The Morgan fingerprint density at radius 3 is 2.19 bits per heavy atom. The van der Waals surface area contributed by atoms with Crippen LogP contribution >= 0.6 is 0 Å². The van der Waals surface area contributed by atoms with Crippen molar-refractivity contribution in [2.45, 2.75) is 66.5 Å². The van der Waals surface area contributed by atoms with Crippen molar-refractivity contribution >= 4 is 23.7 Å². The van der Waals surface area contributed by atoms with Gasteiger partial charge in [-0.2, -0.15) is 5.06 Å². The molecule has 0 bridgehead atoms. The first kappa shape index (κ1) is 26.4. The molecule has 0 fully saturated rings. The highest BCUT2D eigenvalue weighted by Gasteiger charge is 2.39. The molecule has 1 aromatic heterocycles. The SMILES string of the molecule is CC[C@H](C)C(NC(=O)C(CC(C)C)C(C(C)C)N(O)C(=O)O)C(=O)Nc1ccccn1. The smallest absolute Gasteiger partial charge is 0.431 e. The number of carbonyl (C=O) groups is 3. The summed E-state index contributed by atoms with van der Waals surface area (Å²) in [7, 11) is 0. The lowest BCUT2D eigenvalue weighted by molar-refractivity contribution is -0.148. The van der Waals surface area contributed by atoms with Crippen molar-refractivity contribution in [3.63, 3.8) is 0 Å². The molecule has 4 atom stereocenters. The van der Waals surface area contributed by atoms with Gasteiger partial charge < -0.3 is 15.7 Å². The molecule has 0 spiro atoms. The molecule has 1 aromatic rings.